The van der Waals surface area contributed by atoms with Crippen molar-refractivity contribution < 1.29 is 0 Å². The van der Waals surface area contributed by atoms with Crippen LogP contribution in [0.3, 0.4) is 0 Å². The SMILES string of the molecule is C/C=C/c1ccc(N(c2ccc(-c3ccccc3)cc2)c2ccc(-c3ccc(-n4ccc5ccccc54)cc3)cc2)cc1. The molecule has 7 aromatic rings. The number of hydrogen-bond acceptors (Lipinski definition) is 1. The smallest absolute Gasteiger partial charge is 0.0528 e. The summed E-state index contributed by atoms with van der Waals surface area (Å²) in [5.41, 5.74) is 11.7. The van der Waals surface area contributed by atoms with E-state index in [0.29, 0.717) is 0 Å². The average molecular weight is 553 g/mol. The van der Waals surface area contributed by atoms with Gasteiger partial charge in [-0.2, -0.15) is 0 Å². The summed E-state index contributed by atoms with van der Waals surface area (Å²) in [6.07, 6.45) is 6.34. The van der Waals surface area contributed by atoms with Crippen molar-refractivity contribution in [3.63, 3.8) is 0 Å². The van der Waals surface area contributed by atoms with E-state index in [2.05, 4.69) is 186 Å². The van der Waals surface area contributed by atoms with E-state index in [1.165, 1.54) is 38.7 Å². The van der Waals surface area contributed by atoms with Crippen LogP contribution in [0, 0.1) is 0 Å². The predicted octanol–water partition coefficient (Wildman–Crippen LogP) is 11.5. The number of rotatable bonds is 7. The maximum atomic E-state index is 2.32. The van der Waals surface area contributed by atoms with Crippen molar-refractivity contribution in [2.45, 2.75) is 6.92 Å². The Bertz CT molecular complexity index is 1980. The molecule has 0 amide bonds. The Hall–Kier alpha value is -5.60. The standard InChI is InChI=1S/C41H32N2/c1-2-8-31-13-21-38(22-14-31)43(39-25-17-33(18-26-39)32-9-4-3-5-10-32)40-27-19-35(20-28-40)34-15-23-37(24-16-34)42-30-29-36-11-6-7-12-41(36)42/h2-30H,1H3/b8-2+. The third-order valence-corrected chi connectivity index (χ3v) is 7.95. The fourth-order valence-corrected chi connectivity index (χ4v) is 5.73. The normalized spacial score (nSPS) is 11.3. The van der Waals surface area contributed by atoms with Crippen LogP contribution in [0.25, 0.3) is 44.9 Å². The van der Waals surface area contributed by atoms with Gasteiger partial charge in [0.05, 0.1) is 5.52 Å². The van der Waals surface area contributed by atoms with Crippen molar-refractivity contribution in [1.82, 2.24) is 4.57 Å². The first-order chi connectivity index (χ1) is 21.3. The Morgan fingerprint density at radius 3 is 1.53 bits per heavy atom. The van der Waals surface area contributed by atoms with Gasteiger partial charge in [-0.05, 0) is 101 Å². The zero-order chi connectivity index (χ0) is 29.0. The molecule has 1 heterocycles. The second-order valence-corrected chi connectivity index (χ2v) is 10.7. The highest BCUT2D eigenvalue weighted by Crippen LogP contribution is 2.37. The van der Waals surface area contributed by atoms with E-state index in [9.17, 15) is 0 Å². The molecule has 0 bridgehead atoms. The number of allylic oxidation sites excluding steroid dienone is 1. The third kappa shape index (κ3) is 5.39. The molecule has 0 radical (unpaired) electrons. The molecular weight excluding hydrogens is 520 g/mol. The van der Waals surface area contributed by atoms with E-state index in [0.717, 1.165) is 22.7 Å². The van der Waals surface area contributed by atoms with Crippen LogP contribution in [0.1, 0.15) is 12.5 Å². The van der Waals surface area contributed by atoms with E-state index in [4.69, 9.17) is 0 Å². The van der Waals surface area contributed by atoms with Gasteiger partial charge in [-0.25, -0.2) is 0 Å². The summed E-state index contributed by atoms with van der Waals surface area (Å²) in [7, 11) is 0. The van der Waals surface area contributed by atoms with Crippen molar-refractivity contribution in [3.8, 4) is 27.9 Å². The number of anilines is 3. The molecule has 0 unspecified atom stereocenters. The monoisotopic (exact) mass is 552 g/mol. The molecule has 2 heteroatoms. The Labute approximate surface area is 253 Å². The zero-order valence-electron chi connectivity index (χ0n) is 24.1. The largest absolute Gasteiger partial charge is 0.317 e. The van der Waals surface area contributed by atoms with Gasteiger partial charge in [0.25, 0.3) is 0 Å². The lowest BCUT2D eigenvalue weighted by Gasteiger charge is -2.26. The molecule has 0 aliphatic heterocycles. The lowest BCUT2D eigenvalue weighted by atomic mass is 10.0. The molecule has 0 N–H and O–H groups in total. The molecule has 0 saturated heterocycles. The molecule has 0 aliphatic rings. The summed E-state index contributed by atoms with van der Waals surface area (Å²) in [5, 5.41) is 1.25. The Balaban J connectivity index is 1.20. The van der Waals surface area contributed by atoms with Crippen LogP contribution in [0.4, 0.5) is 17.1 Å². The topological polar surface area (TPSA) is 8.17 Å². The van der Waals surface area contributed by atoms with Crippen molar-refractivity contribution in [2.24, 2.45) is 0 Å². The van der Waals surface area contributed by atoms with Gasteiger partial charge >= 0.3 is 0 Å². The second kappa shape index (κ2) is 11.7. The summed E-state index contributed by atoms with van der Waals surface area (Å²) in [6.45, 7) is 2.05. The summed E-state index contributed by atoms with van der Waals surface area (Å²) in [5.74, 6) is 0. The molecule has 0 fully saturated rings. The molecule has 0 spiro atoms. The first-order valence-corrected chi connectivity index (χ1v) is 14.7. The van der Waals surface area contributed by atoms with Crippen molar-refractivity contribution >= 4 is 34.0 Å². The van der Waals surface area contributed by atoms with E-state index in [1.54, 1.807) is 0 Å². The number of para-hydroxylation sites is 1. The second-order valence-electron chi connectivity index (χ2n) is 10.7. The van der Waals surface area contributed by atoms with Crippen LogP contribution in [-0.2, 0) is 0 Å². The molecule has 7 rings (SSSR count). The van der Waals surface area contributed by atoms with Gasteiger partial charge in [0, 0.05) is 28.9 Å². The fourth-order valence-electron chi connectivity index (χ4n) is 5.73. The minimum Gasteiger partial charge on any atom is -0.317 e. The number of hydrogen-bond donors (Lipinski definition) is 0. The zero-order valence-corrected chi connectivity index (χ0v) is 24.1. The number of nitrogens with zero attached hydrogens (tertiary/aromatic N) is 2. The molecule has 0 atom stereocenters. The molecule has 0 aliphatic carbocycles. The lowest BCUT2D eigenvalue weighted by Crippen LogP contribution is -2.09. The first kappa shape index (κ1) is 26.3. The highest BCUT2D eigenvalue weighted by atomic mass is 15.1. The van der Waals surface area contributed by atoms with Crippen molar-refractivity contribution in [3.05, 3.63) is 176 Å². The Morgan fingerprint density at radius 1 is 0.465 bits per heavy atom. The van der Waals surface area contributed by atoms with E-state index >= 15 is 0 Å². The van der Waals surface area contributed by atoms with Gasteiger partial charge in [-0.3, -0.25) is 0 Å². The van der Waals surface area contributed by atoms with Gasteiger partial charge in [-0.15, -0.1) is 0 Å². The molecule has 2 nitrogen and oxygen atoms in total. The Morgan fingerprint density at radius 2 is 0.953 bits per heavy atom. The molecule has 206 valence electrons. The summed E-state index contributed by atoms with van der Waals surface area (Å²) < 4.78 is 2.24. The maximum Gasteiger partial charge on any atom is 0.0528 e. The van der Waals surface area contributed by atoms with Crippen LogP contribution in [0.5, 0.6) is 0 Å². The van der Waals surface area contributed by atoms with Crippen LogP contribution in [0.2, 0.25) is 0 Å². The van der Waals surface area contributed by atoms with Gasteiger partial charge in [0.1, 0.15) is 0 Å². The maximum absolute atomic E-state index is 2.32. The average Bonchev–Trinajstić information content (AvgIpc) is 3.51. The summed E-state index contributed by atoms with van der Waals surface area (Å²) >= 11 is 0. The van der Waals surface area contributed by atoms with Crippen LogP contribution < -0.4 is 4.90 Å². The van der Waals surface area contributed by atoms with Gasteiger partial charge in [-0.1, -0.05) is 109 Å². The van der Waals surface area contributed by atoms with Crippen molar-refractivity contribution in [1.29, 1.82) is 0 Å². The van der Waals surface area contributed by atoms with E-state index in [-0.39, 0.29) is 0 Å². The molecule has 43 heavy (non-hydrogen) atoms. The minimum absolute atomic E-state index is 1.12. The van der Waals surface area contributed by atoms with Crippen molar-refractivity contribution in [2.75, 3.05) is 4.90 Å². The number of benzene rings is 6. The Kier molecular flexibility index (Phi) is 7.17. The van der Waals surface area contributed by atoms with Crippen LogP contribution in [-0.4, -0.2) is 4.57 Å². The quantitative estimate of drug-likeness (QED) is 0.191. The first-order valence-electron chi connectivity index (χ1n) is 14.7. The minimum atomic E-state index is 1.12. The molecular formula is C41H32N2. The third-order valence-electron chi connectivity index (χ3n) is 7.95. The molecule has 6 aromatic carbocycles. The number of fused-ring (bicyclic) bond motifs is 1. The number of aromatic nitrogens is 1. The van der Waals surface area contributed by atoms with Gasteiger partial charge < -0.3 is 9.47 Å². The van der Waals surface area contributed by atoms with Gasteiger partial charge in [0.2, 0.25) is 0 Å². The summed E-state index contributed by atoms with van der Waals surface area (Å²) in [6, 6.07) is 56.4. The highest BCUT2D eigenvalue weighted by Gasteiger charge is 2.13. The predicted molar refractivity (Wildman–Crippen MR) is 184 cm³/mol. The van der Waals surface area contributed by atoms with E-state index in [1.807, 2.05) is 6.92 Å². The summed E-state index contributed by atoms with van der Waals surface area (Å²) in [4.78, 5) is 2.32. The lowest BCUT2D eigenvalue weighted by molar-refractivity contribution is 1.13. The van der Waals surface area contributed by atoms with Gasteiger partial charge in [0.15, 0.2) is 0 Å². The van der Waals surface area contributed by atoms with Crippen LogP contribution >= 0.6 is 0 Å². The van der Waals surface area contributed by atoms with Crippen LogP contribution in [0.15, 0.2) is 170 Å². The fraction of sp³-hybridized carbons (Fsp3) is 0.0244. The van der Waals surface area contributed by atoms with E-state index < -0.39 is 0 Å². The highest BCUT2D eigenvalue weighted by molar-refractivity contribution is 5.83. The molecule has 0 saturated carbocycles. The molecule has 1 aromatic heterocycles.